The number of benzene rings is 2. The Hall–Kier alpha value is -2.33. The first-order valence-corrected chi connectivity index (χ1v) is 8.49. The highest BCUT2D eigenvalue weighted by Crippen LogP contribution is 2.16. The average molecular weight is 325 g/mol. The fourth-order valence-corrected chi connectivity index (χ4v) is 2.73. The van der Waals surface area contributed by atoms with Crippen LogP contribution in [0.2, 0.25) is 0 Å². The van der Waals surface area contributed by atoms with E-state index >= 15 is 0 Å². The number of amides is 1. The van der Waals surface area contributed by atoms with Gasteiger partial charge in [0.25, 0.3) is 0 Å². The van der Waals surface area contributed by atoms with Gasteiger partial charge in [0.05, 0.1) is 6.42 Å². The Morgan fingerprint density at radius 2 is 1.46 bits per heavy atom. The smallest absolute Gasteiger partial charge is 0.238 e. The second-order valence-electron chi connectivity index (χ2n) is 6.15. The van der Waals surface area contributed by atoms with E-state index in [1.165, 1.54) is 16.8 Å². The van der Waals surface area contributed by atoms with E-state index in [2.05, 4.69) is 60.7 Å². The van der Waals surface area contributed by atoms with Crippen molar-refractivity contribution in [3.8, 4) is 0 Å². The molecule has 4 heteroatoms. The molecule has 4 nitrogen and oxygen atoms in total. The van der Waals surface area contributed by atoms with Crippen molar-refractivity contribution in [2.45, 2.75) is 32.6 Å². The lowest BCUT2D eigenvalue weighted by Crippen LogP contribution is -2.31. The predicted octanol–water partition coefficient (Wildman–Crippen LogP) is 2.85. The van der Waals surface area contributed by atoms with Crippen molar-refractivity contribution in [1.82, 2.24) is 5.43 Å². The minimum atomic E-state index is -0.170. The van der Waals surface area contributed by atoms with Crippen LogP contribution in [0.3, 0.4) is 0 Å². The SMILES string of the molecule is CCCN(C)c1ccc(CCc2ccc(CC(=O)NN)cc2)cc1. The highest BCUT2D eigenvalue weighted by molar-refractivity contribution is 5.77. The molecule has 0 aromatic heterocycles. The van der Waals surface area contributed by atoms with Gasteiger partial charge < -0.3 is 4.90 Å². The number of rotatable bonds is 8. The van der Waals surface area contributed by atoms with Crippen LogP contribution in [0.4, 0.5) is 5.69 Å². The number of hydrazine groups is 1. The molecule has 0 saturated heterocycles. The van der Waals surface area contributed by atoms with Gasteiger partial charge in [-0.3, -0.25) is 10.2 Å². The van der Waals surface area contributed by atoms with Crippen molar-refractivity contribution in [1.29, 1.82) is 0 Å². The van der Waals surface area contributed by atoms with Gasteiger partial charge in [0, 0.05) is 19.3 Å². The van der Waals surface area contributed by atoms with E-state index in [9.17, 15) is 4.79 Å². The molecule has 0 saturated carbocycles. The van der Waals surface area contributed by atoms with Gasteiger partial charge in [-0.05, 0) is 48.1 Å². The molecule has 0 aliphatic carbocycles. The van der Waals surface area contributed by atoms with Crippen LogP contribution in [0, 0.1) is 0 Å². The first-order valence-electron chi connectivity index (χ1n) is 8.49. The Labute approximate surface area is 144 Å². The summed E-state index contributed by atoms with van der Waals surface area (Å²) in [6, 6.07) is 17.0. The maximum absolute atomic E-state index is 11.3. The third-order valence-electron chi connectivity index (χ3n) is 4.19. The summed E-state index contributed by atoms with van der Waals surface area (Å²) in [6.45, 7) is 3.27. The summed E-state index contributed by atoms with van der Waals surface area (Å²) in [5.74, 6) is 4.93. The second kappa shape index (κ2) is 9.08. The van der Waals surface area contributed by atoms with E-state index in [4.69, 9.17) is 5.84 Å². The summed E-state index contributed by atoms with van der Waals surface area (Å²) in [5.41, 5.74) is 7.02. The summed E-state index contributed by atoms with van der Waals surface area (Å²) < 4.78 is 0. The molecule has 0 heterocycles. The Balaban J connectivity index is 1.87. The molecule has 1 amide bonds. The van der Waals surface area contributed by atoms with Crippen molar-refractivity contribution >= 4 is 11.6 Å². The number of nitrogens with zero attached hydrogens (tertiary/aromatic N) is 1. The van der Waals surface area contributed by atoms with Crippen molar-refractivity contribution in [3.63, 3.8) is 0 Å². The molecule has 0 radical (unpaired) electrons. The van der Waals surface area contributed by atoms with Gasteiger partial charge in [0.2, 0.25) is 5.91 Å². The molecular formula is C20H27N3O. The molecule has 0 unspecified atom stereocenters. The number of carbonyl (C=O) groups is 1. The molecule has 2 rings (SSSR count). The fraction of sp³-hybridized carbons (Fsp3) is 0.350. The molecule has 2 aromatic rings. The van der Waals surface area contributed by atoms with Crippen LogP contribution in [0.5, 0.6) is 0 Å². The zero-order valence-electron chi connectivity index (χ0n) is 14.6. The van der Waals surface area contributed by atoms with E-state index in [1.807, 2.05) is 12.1 Å². The minimum absolute atomic E-state index is 0.170. The lowest BCUT2D eigenvalue weighted by atomic mass is 10.0. The number of carbonyl (C=O) groups excluding carboxylic acids is 1. The van der Waals surface area contributed by atoms with Gasteiger partial charge in [0.15, 0.2) is 0 Å². The first-order chi connectivity index (χ1) is 11.6. The molecule has 2 aromatic carbocycles. The topological polar surface area (TPSA) is 58.4 Å². The van der Waals surface area contributed by atoms with E-state index in [1.54, 1.807) is 0 Å². The molecule has 0 aliphatic rings. The van der Waals surface area contributed by atoms with Gasteiger partial charge in [-0.25, -0.2) is 5.84 Å². The maximum Gasteiger partial charge on any atom is 0.238 e. The van der Waals surface area contributed by atoms with Crippen LogP contribution in [0.25, 0.3) is 0 Å². The molecule has 0 fully saturated rings. The van der Waals surface area contributed by atoms with Crippen molar-refractivity contribution in [2.75, 3.05) is 18.5 Å². The zero-order valence-corrected chi connectivity index (χ0v) is 14.6. The fourth-order valence-electron chi connectivity index (χ4n) is 2.73. The summed E-state index contributed by atoms with van der Waals surface area (Å²) in [5, 5.41) is 0. The van der Waals surface area contributed by atoms with Gasteiger partial charge in [0.1, 0.15) is 0 Å². The monoisotopic (exact) mass is 325 g/mol. The normalized spacial score (nSPS) is 10.5. The molecular weight excluding hydrogens is 298 g/mol. The van der Waals surface area contributed by atoms with Gasteiger partial charge >= 0.3 is 0 Å². The Morgan fingerprint density at radius 1 is 0.958 bits per heavy atom. The third-order valence-corrected chi connectivity index (χ3v) is 4.19. The summed E-state index contributed by atoms with van der Waals surface area (Å²) >= 11 is 0. The molecule has 0 bridgehead atoms. The Kier molecular flexibility index (Phi) is 6.82. The number of hydrogen-bond acceptors (Lipinski definition) is 3. The zero-order chi connectivity index (χ0) is 17.4. The molecule has 3 N–H and O–H groups in total. The van der Waals surface area contributed by atoms with Crippen molar-refractivity contribution in [2.24, 2.45) is 5.84 Å². The maximum atomic E-state index is 11.3. The summed E-state index contributed by atoms with van der Waals surface area (Å²) in [7, 11) is 2.13. The van der Waals surface area contributed by atoms with Crippen LogP contribution in [0.15, 0.2) is 48.5 Å². The van der Waals surface area contributed by atoms with Crippen LogP contribution >= 0.6 is 0 Å². The highest BCUT2D eigenvalue weighted by atomic mass is 16.2. The van der Waals surface area contributed by atoms with Crippen LogP contribution in [0.1, 0.15) is 30.0 Å². The average Bonchev–Trinajstić information content (AvgIpc) is 2.61. The van der Waals surface area contributed by atoms with Crippen molar-refractivity contribution < 1.29 is 4.79 Å². The van der Waals surface area contributed by atoms with E-state index in [-0.39, 0.29) is 5.91 Å². The number of nitrogens with one attached hydrogen (secondary N) is 1. The van der Waals surface area contributed by atoms with E-state index < -0.39 is 0 Å². The Bertz CT molecular complexity index is 635. The van der Waals surface area contributed by atoms with Gasteiger partial charge in [-0.1, -0.05) is 43.3 Å². The van der Waals surface area contributed by atoms with Crippen LogP contribution in [-0.4, -0.2) is 19.5 Å². The van der Waals surface area contributed by atoms with E-state index in [0.717, 1.165) is 31.4 Å². The lowest BCUT2D eigenvalue weighted by molar-refractivity contribution is -0.120. The molecule has 128 valence electrons. The molecule has 24 heavy (non-hydrogen) atoms. The molecule has 0 spiro atoms. The minimum Gasteiger partial charge on any atom is -0.375 e. The van der Waals surface area contributed by atoms with Gasteiger partial charge in [-0.15, -0.1) is 0 Å². The number of aryl methyl sites for hydroxylation is 2. The van der Waals surface area contributed by atoms with Crippen LogP contribution in [-0.2, 0) is 24.1 Å². The number of hydrogen-bond donors (Lipinski definition) is 2. The van der Waals surface area contributed by atoms with E-state index in [0.29, 0.717) is 6.42 Å². The van der Waals surface area contributed by atoms with Gasteiger partial charge in [-0.2, -0.15) is 0 Å². The molecule has 0 atom stereocenters. The number of anilines is 1. The quantitative estimate of drug-likeness (QED) is 0.446. The highest BCUT2D eigenvalue weighted by Gasteiger charge is 2.03. The van der Waals surface area contributed by atoms with Crippen LogP contribution < -0.4 is 16.2 Å². The lowest BCUT2D eigenvalue weighted by Gasteiger charge is -2.18. The van der Waals surface area contributed by atoms with Crippen molar-refractivity contribution in [3.05, 3.63) is 65.2 Å². The summed E-state index contributed by atoms with van der Waals surface area (Å²) in [6.07, 6.45) is 3.48. The molecule has 0 aliphatic heterocycles. The first kappa shape index (κ1) is 18.0. The Morgan fingerprint density at radius 3 is 1.96 bits per heavy atom. The summed E-state index contributed by atoms with van der Waals surface area (Å²) in [4.78, 5) is 13.5. The second-order valence-corrected chi connectivity index (χ2v) is 6.15. The largest absolute Gasteiger partial charge is 0.375 e. The standard InChI is InChI=1S/C20H27N3O/c1-3-14-23(2)19-12-10-17(11-13-19)5-4-16-6-8-18(9-7-16)15-20(24)22-21/h6-13H,3-5,14-15,21H2,1-2H3,(H,22,24). The predicted molar refractivity (Wildman–Crippen MR) is 99.9 cm³/mol. The number of nitrogens with two attached hydrogens (primary N) is 1. The third kappa shape index (κ3) is 5.39.